The highest BCUT2D eigenvalue weighted by molar-refractivity contribution is 5.49. The Morgan fingerprint density at radius 1 is 1.60 bits per heavy atom. The molecule has 0 fully saturated rings. The van der Waals surface area contributed by atoms with E-state index in [-0.39, 0.29) is 0 Å². The molecule has 0 spiro atoms. The Morgan fingerprint density at radius 3 is 3.00 bits per heavy atom. The first-order valence-electron chi connectivity index (χ1n) is 4.67. The molecule has 4 nitrogen and oxygen atoms in total. The summed E-state index contributed by atoms with van der Waals surface area (Å²) in [6, 6.07) is 5.81. The molecule has 0 aliphatic rings. The van der Waals surface area contributed by atoms with Crippen LogP contribution in [0, 0.1) is 18.3 Å². The molecule has 76 valence electrons. The van der Waals surface area contributed by atoms with Gasteiger partial charge in [0.2, 0.25) is 0 Å². The molecule has 2 aromatic rings. The Hall–Kier alpha value is -2.02. The third kappa shape index (κ3) is 1.52. The van der Waals surface area contributed by atoms with Crippen molar-refractivity contribution >= 4 is 0 Å². The summed E-state index contributed by atoms with van der Waals surface area (Å²) in [5, 5.41) is 8.69. The maximum Gasteiger partial charge on any atom is 0.176 e. The van der Waals surface area contributed by atoms with Crippen LogP contribution in [-0.2, 0) is 13.5 Å². The van der Waals surface area contributed by atoms with Gasteiger partial charge in [0.15, 0.2) is 11.6 Å². The zero-order valence-corrected chi connectivity index (χ0v) is 8.69. The van der Waals surface area contributed by atoms with Crippen molar-refractivity contribution in [1.29, 1.82) is 5.26 Å². The zero-order chi connectivity index (χ0) is 10.8. The normalized spacial score (nSPS) is 10.2. The van der Waals surface area contributed by atoms with Crippen LogP contribution in [0.3, 0.4) is 0 Å². The van der Waals surface area contributed by atoms with Crippen LogP contribution in [0.4, 0.5) is 0 Å². The summed E-state index contributed by atoms with van der Waals surface area (Å²) < 4.78 is 7.18. The number of aryl methyl sites for hydroxylation is 1. The lowest BCUT2D eigenvalue weighted by Crippen LogP contribution is -1.98. The lowest BCUT2D eigenvalue weighted by atomic mass is 10.3. The summed E-state index contributed by atoms with van der Waals surface area (Å²) in [5.74, 6) is 1.49. The summed E-state index contributed by atoms with van der Waals surface area (Å²) in [6.45, 7) is 1.90. The third-order valence-electron chi connectivity index (χ3n) is 2.40. The van der Waals surface area contributed by atoms with Crippen molar-refractivity contribution in [2.24, 2.45) is 7.05 Å². The molecule has 0 radical (unpaired) electrons. The first-order valence-corrected chi connectivity index (χ1v) is 4.67. The van der Waals surface area contributed by atoms with Gasteiger partial charge in [0.25, 0.3) is 0 Å². The second-order valence-corrected chi connectivity index (χ2v) is 3.34. The number of rotatable bonds is 2. The number of hydrogen-bond donors (Lipinski definition) is 0. The number of hydrogen-bond acceptors (Lipinski definition) is 3. The Balaban J connectivity index is 2.52. The summed E-state index contributed by atoms with van der Waals surface area (Å²) in [5.41, 5.74) is 1.81. The molecule has 0 unspecified atom stereocenters. The van der Waals surface area contributed by atoms with Crippen molar-refractivity contribution in [3.8, 4) is 17.7 Å². The lowest BCUT2D eigenvalue weighted by molar-refractivity contribution is 0.573. The molecular formula is C11H11N3O. The van der Waals surface area contributed by atoms with Crippen LogP contribution < -0.4 is 0 Å². The SMILES string of the molecule is Cc1nc(-c2ccco2)n(C)c1CC#N. The largest absolute Gasteiger partial charge is 0.461 e. The minimum absolute atomic E-state index is 0.371. The molecule has 4 heteroatoms. The molecule has 2 aromatic heterocycles. The molecule has 0 saturated heterocycles. The van der Waals surface area contributed by atoms with E-state index in [1.807, 2.05) is 30.7 Å². The Labute approximate surface area is 87.8 Å². The number of nitrogens with zero attached hydrogens (tertiary/aromatic N) is 3. The lowest BCUT2D eigenvalue weighted by Gasteiger charge is -2.00. The summed E-state index contributed by atoms with van der Waals surface area (Å²) >= 11 is 0. The molecule has 15 heavy (non-hydrogen) atoms. The first kappa shape index (κ1) is 9.53. The molecule has 0 aromatic carbocycles. The van der Waals surface area contributed by atoms with Gasteiger partial charge < -0.3 is 8.98 Å². The topological polar surface area (TPSA) is 54.8 Å². The van der Waals surface area contributed by atoms with Gasteiger partial charge >= 0.3 is 0 Å². The fourth-order valence-electron chi connectivity index (χ4n) is 1.62. The van der Waals surface area contributed by atoms with Crippen molar-refractivity contribution in [1.82, 2.24) is 9.55 Å². The van der Waals surface area contributed by atoms with Crippen LogP contribution in [0.25, 0.3) is 11.6 Å². The molecule has 0 bridgehead atoms. The molecule has 0 amide bonds. The van der Waals surface area contributed by atoms with Crippen LogP contribution in [-0.4, -0.2) is 9.55 Å². The average Bonchev–Trinajstić information content (AvgIpc) is 2.81. The van der Waals surface area contributed by atoms with E-state index in [9.17, 15) is 0 Å². The van der Waals surface area contributed by atoms with E-state index in [4.69, 9.17) is 9.68 Å². The minimum atomic E-state index is 0.371. The molecule has 2 heterocycles. The second-order valence-electron chi connectivity index (χ2n) is 3.34. The van der Waals surface area contributed by atoms with Gasteiger partial charge in [0.1, 0.15) is 0 Å². The molecular weight excluding hydrogens is 190 g/mol. The van der Waals surface area contributed by atoms with Crippen molar-refractivity contribution in [3.63, 3.8) is 0 Å². The standard InChI is InChI=1S/C11H11N3O/c1-8-9(5-6-12)14(2)11(13-8)10-4-3-7-15-10/h3-4,7H,5H2,1-2H3. The molecule has 0 N–H and O–H groups in total. The predicted molar refractivity (Wildman–Crippen MR) is 55.0 cm³/mol. The Kier molecular flexibility index (Phi) is 2.30. The highest BCUT2D eigenvalue weighted by Gasteiger charge is 2.14. The fourth-order valence-corrected chi connectivity index (χ4v) is 1.62. The summed E-state index contributed by atoms with van der Waals surface area (Å²) in [7, 11) is 1.89. The second kappa shape index (κ2) is 3.62. The maximum absolute atomic E-state index is 8.69. The van der Waals surface area contributed by atoms with Crippen LogP contribution in [0.15, 0.2) is 22.8 Å². The van der Waals surface area contributed by atoms with Crippen LogP contribution in [0.2, 0.25) is 0 Å². The van der Waals surface area contributed by atoms with E-state index in [2.05, 4.69) is 11.1 Å². The molecule has 0 aliphatic carbocycles. The van der Waals surface area contributed by atoms with E-state index >= 15 is 0 Å². The third-order valence-corrected chi connectivity index (χ3v) is 2.40. The van der Waals surface area contributed by atoms with E-state index in [0.717, 1.165) is 23.0 Å². The molecule has 0 aliphatic heterocycles. The first-order chi connectivity index (χ1) is 7.24. The summed E-state index contributed by atoms with van der Waals surface area (Å²) in [6.07, 6.45) is 1.99. The number of imidazole rings is 1. The van der Waals surface area contributed by atoms with Crippen molar-refractivity contribution < 1.29 is 4.42 Å². The van der Waals surface area contributed by atoms with Gasteiger partial charge in [0, 0.05) is 7.05 Å². The van der Waals surface area contributed by atoms with Crippen LogP contribution in [0.5, 0.6) is 0 Å². The van der Waals surface area contributed by atoms with Crippen molar-refractivity contribution in [2.45, 2.75) is 13.3 Å². The maximum atomic E-state index is 8.69. The van der Waals surface area contributed by atoms with Crippen LogP contribution >= 0.6 is 0 Å². The van der Waals surface area contributed by atoms with E-state index in [1.165, 1.54) is 0 Å². The number of furan rings is 1. The van der Waals surface area contributed by atoms with Gasteiger partial charge in [-0.3, -0.25) is 0 Å². The van der Waals surface area contributed by atoms with Crippen molar-refractivity contribution in [2.75, 3.05) is 0 Å². The van der Waals surface area contributed by atoms with Crippen LogP contribution in [0.1, 0.15) is 11.4 Å². The summed E-state index contributed by atoms with van der Waals surface area (Å²) in [4.78, 5) is 4.39. The van der Waals surface area contributed by atoms with Gasteiger partial charge in [-0.25, -0.2) is 4.98 Å². The highest BCUT2D eigenvalue weighted by atomic mass is 16.3. The van der Waals surface area contributed by atoms with E-state index in [0.29, 0.717) is 6.42 Å². The number of aromatic nitrogens is 2. The van der Waals surface area contributed by atoms with Gasteiger partial charge in [-0.1, -0.05) is 0 Å². The minimum Gasteiger partial charge on any atom is -0.461 e. The molecule has 0 atom stereocenters. The smallest absolute Gasteiger partial charge is 0.176 e. The van der Waals surface area contributed by atoms with Gasteiger partial charge in [-0.2, -0.15) is 5.26 Å². The fraction of sp³-hybridized carbons (Fsp3) is 0.273. The Bertz CT molecular complexity index is 503. The number of nitriles is 1. The van der Waals surface area contributed by atoms with E-state index < -0.39 is 0 Å². The van der Waals surface area contributed by atoms with Gasteiger partial charge in [-0.15, -0.1) is 0 Å². The molecule has 2 rings (SSSR count). The highest BCUT2D eigenvalue weighted by Crippen LogP contribution is 2.21. The van der Waals surface area contributed by atoms with Gasteiger partial charge in [-0.05, 0) is 19.1 Å². The molecule has 0 saturated carbocycles. The quantitative estimate of drug-likeness (QED) is 0.747. The van der Waals surface area contributed by atoms with E-state index in [1.54, 1.807) is 6.26 Å². The monoisotopic (exact) mass is 201 g/mol. The zero-order valence-electron chi connectivity index (χ0n) is 8.69. The Morgan fingerprint density at radius 2 is 2.40 bits per heavy atom. The average molecular weight is 201 g/mol. The predicted octanol–water partition coefficient (Wildman–Crippen LogP) is 2.05. The van der Waals surface area contributed by atoms with Gasteiger partial charge in [0.05, 0.1) is 30.1 Å². The van der Waals surface area contributed by atoms with Crippen molar-refractivity contribution in [3.05, 3.63) is 29.8 Å².